The number of nitrogens with zero attached hydrogens (tertiary/aromatic N) is 1. The summed E-state index contributed by atoms with van der Waals surface area (Å²) in [5.74, 6) is -0.205. The molecule has 0 bridgehead atoms. The van der Waals surface area contributed by atoms with Crippen LogP contribution in [0.15, 0.2) is 41.9 Å². The molecule has 0 spiro atoms. The lowest BCUT2D eigenvalue weighted by Gasteiger charge is -2.23. The van der Waals surface area contributed by atoms with Crippen LogP contribution in [-0.2, 0) is 16.9 Å². The molecule has 0 aliphatic carbocycles. The summed E-state index contributed by atoms with van der Waals surface area (Å²) in [6, 6.07) is 9.34. The highest BCUT2D eigenvalue weighted by molar-refractivity contribution is 7.09. The van der Waals surface area contributed by atoms with Crippen LogP contribution in [0.3, 0.4) is 0 Å². The normalized spacial score (nSPS) is 13.9. The SMILES string of the molecule is CC(N)(C(=O)NCc1nccs1)c1ccccc1. The van der Waals surface area contributed by atoms with Crippen LogP contribution >= 0.6 is 11.3 Å². The summed E-state index contributed by atoms with van der Waals surface area (Å²) in [5, 5.41) is 5.55. The Labute approximate surface area is 110 Å². The molecule has 0 saturated carbocycles. The maximum absolute atomic E-state index is 12.1. The van der Waals surface area contributed by atoms with Gasteiger partial charge in [0.25, 0.3) is 0 Å². The van der Waals surface area contributed by atoms with Crippen molar-refractivity contribution in [1.29, 1.82) is 0 Å². The number of nitrogens with two attached hydrogens (primary N) is 1. The third-order valence-corrected chi connectivity index (χ3v) is 3.51. The first kappa shape index (κ1) is 12.7. The van der Waals surface area contributed by atoms with E-state index >= 15 is 0 Å². The maximum Gasteiger partial charge on any atom is 0.244 e. The van der Waals surface area contributed by atoms with Crippen LogP contribution in [0.4, 0.5) is 0 Å². The predicted octanol–water partition coefficient (Wildman–Crippen LogP) is 1.63. The molecule has 5 heteroatoms. The molecule has 1 atom stereocenters. The Morgan fingerprint density at radius 1 is 1.44 bits per heavy atom. The van der Waals surface area contributed by atoms with E-state index in [0.717, 1.165) is 10.6 Å². The highest BCUT2D eigenvalue weighted by Gasteiger charge is 2.30. The van der Waals surface area contributed by atoms with E-state index in [4.69, 9.17) is 5.73 Å². The smallest absolute Gasteiger partial charge is 0.244 e. The number of hydrogen-bond donors (Lipinski definition) is 2. The van der Waals surface area contributed by atoms with Gasteiger partial charge in [-0.05, 0) is 12.5 Å². The topological polar surface area (TPSA) is 68.0 Å². The van der Waals surface area contributed by atoms with Gasteiger partial charge in [0, 0.05) is 11.6 Å². The first-order valence-corrected chi connectivity index (χ1v) is 6.50. The van der Waals surface area contributed by atoms with Crippen LogP contribution < -0.4 is 11.1 Å². The van der Waals surface area contributed by atoms with Crippen LogP contribution in [0.1, 0.15) is 17.5 Å². The third-order valence-electron chi connectivity index (χ3n) is 2.73. The number of carbonyl (C=O) groups is 1. The molecule has 1 aromatic heterocycles. The quantitative estimate of drug-likeness (QED) is 0.879. The minimum atomic E-state index is -1.03. The zero-order chi connectivity index (χ0) is 13.0. The Morgan fingerprint density at radius 3 is 2.78 bits per heavy atom. The highest BCUT2D eigenvalue weighted by Crippen LogP contribution is 2.17. The summed E-state index contributed by atoms with van der Waals surface area (Å²) in [6.45, 7) is 2.12. The molecule has 0 fully saturated rings. The second kappa shape index (κ2) is 5.29. The van der Waals surface area contributed by atoms with Gasteiger partial charge in [-0.1, -0.05) is 30.3 Å². The van der Waals surface area contributed by atoms with Crippen molar-refractivity contribution in [2.24, 2.45) is 5.73 Å². The zero-order valence-electron chi connectivity index (χ0n) is 10.1. The van der Waals surface area contributed by atoms with Crippen LogP contribution in [0.2, 0.25) is 0 Å². The number of carbonyl (C=O) groups excluding carboxylic acids is 1. The van der Waals surface area contributed by atoms with Gasteiger partial charge in [-0.25, -0.2) is 4.98 Å². The molecule has 3 N–H and O–H groups in total. The third kappa shape index (κ3) is 2.75. The van der Waals surface area contributed by atoms with Crippen molar-refractivity contribution in [3.8, 4) is 0 Å². The first-order valence-electron chi connectivity index (χ1n) is 5.62. The minimum Gasteiger partial charge on any atom is -0.348 e. The van der Waals surface area contributed by atoms with Gasteiger partial charge in [0.15, 0.2) is 0 Å². The standard InChI is InChI=1S/C13H15N3OS/c1-13(14,10-5-3-2-4-6-10)12(17)16-9-11-15-7-8-18-11/h2-8H,9,14H2,1H3,(H,16,17). The molecule has 0 aliphatic heterocycles. The second-order valence-electron chi connectivity index (χ2n) is 4.18. The van der Waals surface area contributed by atoms with E-state index in [2.05, 4.69) is 10.3 Å². The predicted molar refractivity (Wildman–Crippen MR) is 71.9 cm³/mol. The van der Waals surface area contributed by atoms with Gasteiger partial charge in [0.2, 0.25) is 5.91 Å². The average molecular weight is 261 g/mol. The fourth-order valence-corrected chi connectivity index (χ4v) is 2.15. The van der Waals surface area contributed by atoms with Crippen molar-refractivity contribution in [1.82, 2.24) is 10.3 Å². The van der Waals surface area contributed by atoms with Crippen molar-refractivity contribution >= 4 is 17.2 Å². The molecule has 0 radical (unpaired) electrons. The Bertz CT molecular complexity index is 508. The van der Waals surface area contributed by atoms with Gasteiger partial charge in [0.1, 0.15) is 10.5 Å². The monoisotopic (exact) mass is 261 g/mol. The van der Waals surface area contributed by atoms with E-state index in [1.165, 1.54) is 11.3 Å². The minimum absolute atomic E-state index is 0.205. The molecule has 2 rings (SSSR count). The van der Waals surface area contributed by atoms with Crippen molar-refractivity contribution in [2.75, 3.05) is 0 Å². The van der Waals surface area contributed by atoms with E-state index in [1.54, 1.807) is 13.1 Å². The van der Waals surface area contributed by atoms with Gasteiger partial charge >= 0.3 is 0 Å². The summed E-state index contributed by atoms with van der Waals surface area (Å²) < 4.78 is 0. The Balaban J connectivity index is 2.04. The Kier molecular flexibility index (Phi) is 3.74. The lowest BCUT2D eigenvalue weighted by molar-refractivity contribution is -0.126. The lowest BCUT2D eigenvalue weighted by atomic mass is 9.92. The number of thiazole rings is 1. The molecule has 1 unspecified atom stereocenters. The lowest BCUT2D eigenvalue weighted by Crippen LogP contribution is -2.48. The Hall–Kier alpha value is -1.72. The van der Waals surface area contributed by atoms with Crippen LogP contribution in [-0.4, -0.2) is 10.9 Å². The van der Waals surface area contributed by atoms with Crippen LogP contribution in [0, 0.1) is 0 Å². The zero-order valence-corrected chi connectivity index (χ0v) is 10.9. The summed E-state index contributed by atoms with van der Waals surface area (Å²) in [4.78, 5) is 16.2. The second-order valence-corrected chi connectivity index (χ2v) is 5.16. The van der Waals surface area contributed by atoms with Crippen molar-refractivity contribution in [3.63, 3.8) is 0 Å². The molecule has 4 nitrogen and oxygen atoms in total. The van der Waals surface area contributed by atoms with Gasteiger partial charge < -0.3 is 11.1 Å². The molecule has 94 valence electrons. The van der Waals surface area contributed by atoms with Gasteiger partial charge in [-0.3, -0.25) is 4.79 Å². The molecule has 0 aliphatic rings. The van der Waals surface area contributed by atoms with E-state index in [9.17, 15) is 4.79 Å². The molecule has 1 heterocycles. The van der Waals surface area contributed by atoms with Gasteiger partial charge in [0.05, 0.1) is 6.54 Å². The molecule has 1 aromatic carbocycles. The summed E-state index contributed by atoms with van der Waals surface area (Å²) in [6.07, 6.45) is 1.71. The number of amides is 1. The van der Waals surface area contributed by atoms with E-state index in [-0.39, 0.29) is 5.91 Å². The summed E-state index contributed by atoms with van der Waals surface area (Å²) >= 11 is 1.50. The molecule has 18 heavy (non-hydrogen) atoms. The van der Waals surface area contributed by atoms with Crippen molar-refractivity contribution in [3.05, 3.63) is 52.5 Å². The fourth-order valence-electron chi connectivity index (χ4n) is 1.60. The number of rotatable bonds is 4. The molecule has 2 aromatic rings. The first-order chi connectivity index (χ1) is 8.60. The number of aromatic nitrogens is 1. The van der Waals surface area contributed by atoms with Crippen LogP contribution in [0.5, 0.6) is 0 Å². The molecular formula is C13H15N3OS. The average Bonchev–Trinajstić information content (AvgIpc) is 2.90. The largest absolute Gasteiger partial charge is 0.348 e. The van der Waals surface area contributed by atoms with Gasteiger partial charge in [-0.2, -0.15) is 0 Å². The molecule has 0 saturated heterocycles. The van der Waals surface area contributed by atoms with E-state index < -0.39 is 5.54 Å². The number of benzene rings is 1. The number of hydrogen-bond acceptors (Lipinski definition) is 4. The van der Waals surface area contributed by atoms with E-state index in [1.807, 2.05) is 35.7 Å². The summed E-state index contributed by atoms with van der Waals surface area (Å²) in [7, 11) is 0. The van der Waals surface area contributed by atoms with Crippen molar-refractivity contribution < 1.29 is 4.79 Å². The van der Waals surface area contributed by atoms with Gasteiger partial charge in [-0.15, -0.1) is 11.3 Å². The van der Waals surface area contributed by atoms with Crippen LogP contribution in [0.25, 0.3) is 0 Å². The summed E-state index contributed by atoms with van der Waals surface area (Å²) in [5.41, 5.74) is 5.86. The number of nitrogens with one attached hydrogen (secondary N) is 1. The highest BCUT2D eigenvalue weighted by atomic mass is 32.1. The fraction of sp³-hybridized carbons (Fsp3) is 0.231. The Morgan fingerprint density at radius 2 is 2.17 bits per heavy atom. The molecular weight excluding hydrogens is 246 g/mol. The van der Waals surface area contributed by atoms with E-state index in [0.29, 0.717) is 6.54 Å². The van der Waals surface area contributed by atoms with Crippen molar-refractivity contribution in [2.45, 2.75) is 19.0 Å². The maximum atomic E-state index is 12.1. The molecule has 1 amide bonds.